The lowest BCUT2D eigenvalue weighted by molar-refractivity contribution is -0.155. The molecule has 1 rings (SSSR count). The molecule has 0 spiro atoms. The lowest BCUT2D eigenvalue weighted by atomic mass is 10.2. The minimum Gasteiger partial charge on any atom is -0.305 e. The van der Waals surface area contributed by atoms with Crippen LogP contribution in [0.15, 0.2) is 10.5 Å². The smallest absolute Gasteiger partial charge is 0.305 e. The average Bonchev–Trinajstić information content (AvgIpc) is 2.30. The zero-order valence-corrected chi connectivity index (χ0v) is 10.1. The number of hydrogen-bond donors (Lipinski definition) is 1. The highest BCUT2D eigenvalue weighted by Gasteiger charge is 2.40. The van der Waals surface area contributed by atoms with Crippen LogP contribution >= 0.6 is 38.9 Å². The highest BCUT2D eigenvalue weighted by molar-refractivity contribution is 9.10. The SMILES string of the molecule is CNC(c1cc(Br)c(Cl)s1)C(F)(F)F. The molecule has 0 radical (unpaired) electrons. The van der Waals surface area contributed by atoms with Gasteiger partial charge in [0.15, 0.2) is 0 Å². The molecule has 0 aliphatic carbocycles. The standard InChI is InChI=1S/C7H6BrClF3NS/c1-13-5(7(10,11)12)4-2-3(8)6(9)14-4/h2,5,13H,1H3. The van der Waals surface area contributed by atoms with E-state index in [-0.39, 0.29) is 4.88 Å². The predicted octanol–water partition coefficient (Wildman–Crippen LogP) is 3.99. The minimum atomic E-state index is -4.30. The molecule has 1 unspecified atom stereocenters. The summed E-state index contributed by atoms with van der Waals surface area (Å²) in [6.45, 7) is 0. The fraction of sp³-hybridized carbons (Fsp3) is 0.429. The monoisotopic (exact) mass is 307 g/mol. The second-order valence-corrected chi connectivity index (χ2v) is 5.07. The molecule has 0 fully saturated rings. The van der Waals surface area contributed by atoms with Gasteiger partial charge in [0.1, 0.15) is 10.4 Å². The Bertz CT molecular complexity index is 306. The Hall–Kier alpha value is 0.220. The first kappa shape index (κ1) is 12.3. The predicted molar refractivity (Wildman–Crippen MR) is 54.9 cm³/mol. The molecule has 80 valence electrons. The third-order valence-corrected chi connectivity index (χ3v) is 4.10. The summed E-state index contributed by atoms with van der Waals surface area (Å²) in [5, 5.41) is 2.20. The van der Waals surface area contributed by atoms with E-state index in [0.29, 0.717) is 8.81 Å². The number of thiophene rings is 1. The van der Waals surface area contributed by atoms with Crippen molar-refractivity contribution in [1.82, 2.24) is 5.32 Å². The van der Waals surface area contributed by atoms with Crippen LogP contribution in [0.25, 0.3) is 0 Å². The van der Waals surface area contributed by atoms with Gasteiger partial charge in [0, 0.05) is 9.35 Å². The van der Waals surface area contributed by atoms with Gasteiger partial charge in [-0.25, -0.2) is 0 Å². The molecule has 0 aromatic carbocycles. The normalized spacial score (nSPS) is 14.4. The second-order valence-electron chi connectivity index (χ2n) is 2.53. The molecular weight excluding hydrogens is 303 g/mol. The summed E-state index contributed by atoms with van der Waals surface area (Å²) >= 11 is 9.63. The van der Waals surface area contributed by atoms with Crippen molar-refractivity contribution in [1.29, 1.82) is 0 Å². The molecule has 1 aromatic rings. The summed E-state index contributed by atoms with van der Waals surface area (Å²) in [6, 6.07) is -0.280. The van der Waals surface area contributed by atoms with Gasteiger partial charge in [-0.05, 0) is 29.0 Å². The summed E-state index contributed by atoms with van der Waals surface area (Å²) in [5.74, 6) is 0. The van der Waals surface area contributed by atoms with Gasteiger partial charge >= 0.3 is 6.18 Å². The molecule has 0 saturated carbocycles. The molecule has 0 aliphatic rings. The fourth-order valence-corrected chi connectivity index (χ4v) is 2.85. The topological polar surface area (TPSA) is 12.0 Å². The molecule has 0 aliphatic heterocycles. The Morgan fingerprint density at radius 2 is 2.14 bits per heavy atom. The van der Waals surface area contributed by atoms with Gasteiger partial charge in [0.05, 0.1) is 0 Å². The van der Waals surface area contributed by atoms with Crippen LogP contribution < -0.4 is 5.32 Å². The van der Waals surface area contributed by atoms with E-state index in [1.165, 1.54) is 13.1 Å². The van der Waals surface area contributed by atoms with E-state index in [0.717, 1.165) is 11.3 Å². The van der Waals surface area contributed by atoms with Crippen LogP contribution in [0.4, 0.5) is 13.2 Å². The van der Waals surface area contributed by atoms with Gasteiger partial charge in [0.2, 0.25) is 0 Å². The van der Waals surface area contributed by atoms with Crippen LogP contribution in [-0.4, -0.2) is 13.2 Å². The number of alkyl halides is 3. The number of hydrogen-bond acceptors (Lipinski definition) is 2. The molecule has 1 N–H and O–H groups in total. The van der Waals surface area contributed by atoms with Crippen molar-refractivity contribution in [3.8, 4) is 0 Å². The van der Waals surface area contributed by atoms with Crippen molar-refractivity contribution in [3.05, 3.63) is 19.8 Å². The summed E-state index contributed by atoms with van der Waals surface area (Å²) in [4.78, 5) is 0.150. The van der Waals surface area contributed by atoms with Gasteiger partial charge in [0.25, 0.3) is 0 Å². The van der Waals surface area contributed by atoms with Crippen molar-refractivity contribution >= 4 is 38.9 Å². The maximum absolute atomic E-state index is 12.4. The van der Waals surface area contributed by atoms with Crippen molar-refractivity contribution < 1.29 is 13.2 Å². The van der Waals surface area contributed by atoms with Crippen LogP contribution in [0.1, 0.15) is 10.9 Å². The van der Waals surface area contributed by atoms with Crippen LogP contribution in [0, 0.1) is 0 Å². The van der Waals surface area contributed by atoms with Crippen molar-refractivity contribution in [2.45, 2.75) is 12.2 Å². The van der Waals surface area contributed by atoms with Crippen molar-refractivity contribution in [2.24, 2.45) is 0 Å². The first-order chi connectivity index (χ1) is 6.36. The zero-order chi connectivity index (χ0) is 10.9. The largest absolute Gasteiger partial charge is 0.408 e. The van der Waals surface area contributed by atoms with E-state index in [1.54, 1.807) is 0 Å². The lowest BCUT2D eigenvalue weighted by Crippen LogP contribution is -2.30. The third-order valence-electron chi connectivity index (χ3n) is 1.56. The van der Waals surface area contributed by atoms with E-state index in [9.17, 15) is 13.2 Å². The average molecular weight is 309 g/mol. The number of halogens is 5. The summed E-state index contributed by atoms with van der Waals surface area (Å²) in [7, 11) is 1.26. The van der Waals surface area contributed by atoms with Gasteiger partial charge in [-0.15, -0.1) is 11.3 Å². The Balaban J connectivity index is 3.01. The molecule has 1 aromatic heterocycles. The summed E-state index contributed by atoms with van der Waals surface area (Å²) in [5.41, 5.74) is 0. The second kappa shape index (κ2) is 4.38. The highest BCUT2D eigenvalue weighted by atomic mass is 79.9. The fourth-order valence-electron chi connectivity index (χ4n) is 0.973. The van der Waals surface area contributed by atoms with E-state index < -0.39 is 12.2 Å². The Morgan fingerprint density at radius 3 is 2.43 bits per heavy atom. The first-order valence-corrected chi connectivity index (χ1v) is 5.53. The molecule has 1 atom stereocenters. The molecule has 7 heteroatoms. The third kappa shape index (κ3) is 2.62. The van der Waals surface area contributed by atoms with Crippen LogP contribution in [0.3, 0.4) is 0 Å². The summed E-state index contributed by atoms with van der Waals surface area (Å²) < 4.78 is 38.1. The maximum Gasteiger partial charge on any atom is 0.408 e. The van der Waals surface area contributed by atoms with Crippen molar-refractivity contribution in [3.63, 3.8) is 0 Å². The first-order valence-electron chi connectivity index (χ1n) is 3.55. The van der Waals surface area contributed by atoms with Gasteiger partial charge in [-0.2, -0.15) is 13.2 Å². The Morgan fingerprint density at radius 1 is 1.57 bits per heavy atom. The summed E-state index contributed by atoms with van der Waals surface area (Å²) in [6.07, 6.45) is -4.30. The van der Waals surface area contributed by atoms with E-state index in [1.807, 2.05) is 0 Å². The van der Waals surface area contributed by atoms with E-state index >= 15 is 0 Å². The van der Waals surface area contributed by atoms with E-state index in [2.05, 4.69) is 21.2 Å². The molecule has 0 saturated heterocycles. The molecule has 1 heterocycles. The molecule has 0 bridgehead atoms. The number of nitrogens with one attached hydrogen (secondary N) is 1. The Labute approximate surface area is 96.4 Å². The van der Waals surface area contributed by atoms with E-state index in [4.69, 9.17) is 11.6 Å². The zero-order valence-electron chi connectivity index (χ0n) is 6.95. The maximum atomic E-state index is 12.4. The highest BCUT2D eigenvalue weighted by Crippen LogP contribution is 2.40. The molecule has 0 amide bonds. The van der Waals surface area contributed by atoms with Crippen LogP contribution in [-0.2, 0) is 0 Å². The Kier molecular flexibility index (Phi) is 3.85. The molecular formula is C7H6BrClF3NS. The lowest BCUT2D eigenvalue weighted by Gasteiger charge is -2.17. The van der Waals surface area contributed by atoms with Crippen LogP contribution in [0.2, 0.25) is 4.34 Å². The molecule has 14 heavy (non-hydrogen) atoms. The van der Waals surface area contributed by atoms with Gasteiger partial charge < -0.3 is 5.32 Å². The quantitative estimate of drug-likeness (QED) is 0.871. The number of rotatable bonds is 2. The minimum absolute atomic E-state index is 0.150. The van der Waals surface area contributed by atoms with Crippen molar-refractivity contribution in [2.75, 3.05) is 7.05 Å². The van der Waals surface area contributed by atoms with Crippen LogP contribution in [0.5, 0.6) is 0 Å². The van der Waals surface area contributed by atoms with Gasteiger partial charge in [-0.3, -0.25) is 0 Å². The van der Waals surface area contributed by atoms with Gasteiger partial charge in [-0.1, -0.05) is 11.6 Å². The molecule has 1 nitrogen and oxygen atoms in total.